The van der Waals surface area contributed by atoms with Crippen LogP contribution in [-0.2, 0) is 24.1 Å². The molecule has 6 nitrogen and oxygen atoms in total. The summed E-state index contributed by atoms with van der Waals surface area (Å²) in [6.45, 7) is 2.71. The highest BCUT2D eigenvalue weighted by atomic mass is 32.3. The first kappa shape index (κ1) is 12.3. The minimum absolute atomic E-state index is 0.198. The van der Waals surface area contributed by atoms with Crippen LogP contribution in [0.1, 0.15) is 13.8 Å². The summed E-state index contributed by atoms with van der Waals surface area (Å²) >= 11 is 0. The zero-order valence-corrected chi connectivity index (χ0v) is 8.20. The van der Waals surface area contributed by atoms with Crippen molar-refractivity contribution in [1.82, 2.24) is 0 Å². The molecule has 0 aliphatic heterocycles. The summed E-state index contributed by atoms with van der Waals surface area (Å²) in [5, 5.41) is 0. The molecule has 0 unspecified atom stereocenters. The van der Waals surface area contributed by atoms with E-state index in [2.05, 4.69) is 8.92 Å². The Kier molecular flexibility index (Phi) is 4.89. The van der Waals surface area contributed by atoms with E-state index in [9.17, 15) is 13.2 Å². The van der Waals surface area contributed by atoms with E-state index in [1.165, 1.54) is 0 Å². The molecule has 0 amide bonds. The number of esters is 1. The van der Waals surface area contributed by atoms with Gasteiger partial charge >= 0.3 is 16.4 Å². The van der Waals surface area contributed by atoms with Gasteiger partial charge in [0, 0.05) is 0 Å². The molecular formula is C6H12O6S. The van der Waals surface area contributed by atoms with Crippen molar-refractivity contribution in [3.8, 4) is 0 Å². The van der Waals surface area contributed by atoms with Crippen LogP contribution >= 0.6 is 0 Å². The first-order chi connectivity index (χ1) is 5.83. The van der Waals surface area contributed by atoms with Gasteiger partial charge in [0.05, 0.1) is 5.92 Å². The minimum Gasteiger partial charge on any atom is -0.463 e. The third kappa shape index (κ3) is 7.69. The normalized spacial score (nSPS) is 11.7. The smallest absolute Gasteiger partial charge is 0.397 e. The van der Waals surface area contributed by atoms with Crippen molar-refractivity contribution < 1.29 is 26.7 Å². The zero-order valence-electron chi connectivity index (χ0n) is 7.39. The second-order valence-corrected chi connectivity index (χ2v) is 3.66. The number of hydrogen-bond donors (Lipinski definition) is 1. The summed E-state index contributed by atoms with van der Waals surface area (Å²) in [7, 11) is -4.43. The summed E-state index contributed by atoms with van der Waals surface area (Å²) in [6.07, 6.45) is 0. The zero-order chi connectivity index (χ0) is 10.5. The molecule has 78 valence electrons. The summed E-state index contributed by atoms with van der Waals surface area (Å²) in [4.78, 5) is 10.8. The minimum atomic E-state index is -4.43. The molecule has 0 radical (unpaired) electrons. The van der Waals surface area contributed by atoms with Gasteiger partial charge in [0.15, 0.2) is 0 Å². The highest BCUT2D eigenvalue weighted by Crippen LogP contribution is 1.95. The van der Waals surface area contributed by atoms with Crippen molar-refractivity contribution >= 4 is 16.4 Å². The molecule has 0 aromatic heterocycles. The van der Waals surface area contributed by atoms with Crippen LogP contribution in [0.25, 0.3) is 0 Å². The second kappa shape index (κ2) is 5.15. The second-order valence-electron chi connectivity index (χ2n) is 2.57. The highest BCUT2D eigenvalue weighted by Gasteiger charge is 2.09. The van der Waals surface area contributed by atoms with Crippen molar-refractivity contribution in [2.75, 3.05) is 13.2 Å². The maximum absolute atomic E-state index is 10.8. The fourth-order valence-electron chi connectivity index (χ4n) is 0.448. The van der Waals surface area contributed by atoms with Crippen LogP contribution in [0.15, 0.2) is 0 Å². The molecule has 1 N–H and O–H groups in total. The lowest BCUT2D eigenvalue weighted by Crippen LogP contribution is -2.16. The molecule has 13 heavy (non-hydrogen) atoms. The van der Waals surface area contributed by atoms with Crippen LogP contribution in [0.3, 0.4) is 0 Å². The molecule has 0 atom stereocenters. The number of carbonyl (C=O) groups excluding carboxylic acids is 1. The SMILES string of the molecule is CC(C)C(=O)OCCOS(=O)(=O)O. The van der Waals surface area contributed by atoms with Gasteiger partial charge in [-0.05, 0) is 0 Å². The lowest BCUT2D eigenvalue weighted by molar-refractivity contribution is -0.148. The summed E-state index contributed by atoms with van der Waals surface area (Å²) < 4.78 is 36.6. The summed E-state index contributed by atoms with van der Waals surface area (Å²) in [6, 6.07) is 0. The van der Waals surface area contributed by atoms with Crippen LogP contribution in [0, 0.1) is 5.92 Å². The van der Waals surface area contributed by atoms with Crippen molar-refractivity contribution in [1.29, 1.82) is 0 Å². The van der Waals surface area contributed by atoms with Crippen molar-refractivity contribution in [2.45, 2.75) is 13.8 Å². The Morgan fingerprint density at radius 1 is 1.38 bits per heavy atom. The van der Waals surface area contributed by atoms with E-state index in [1.54, 1.807) is 13.8 Å². The molecule has 0 aliphatic carbocycles. The maximum Gasteiger partial charge on any atom is 0.397 e. The lowest BCUT2D eigenvalue weighted by atomic mass is 10.2. The van der Waals surface area contributed by atoms with Crippen LogP contribution in [0.4, 0.5) is 0 Å². The molecule has 0 aromatic carbocycles. The van der Waals surface area contributed by atoms with Gasteiger partial charge in [0.1, 0.15) is 13.2 Å². The molecule has 0 saturated heterocycles. The van der Waals surface area contributed by atoms with E-state index < -0.39 is 16.4 Å². The van der Waals surface area contributed by atoms with Gasteiger partial charge in [-0.2, -0.15) is 8.42 Å². The van der Waals surface area contributed by atoms with Gasteiger partial charge < -0.3 is 4.74 Å². The van der Waals surface area contributed by atoms with E-state index in [1.807, 2.05) is 0 Å². The van der Waals surface area contributed by atoms with E-state index in [4.69, 9.17) is 4.55 Å². The predicted molar refractivity (Wildman–Crippen MR) is 43.3 cm³/mol. The Hall–Kier alpha value is -0.660. The average Bonchev–Trinajstić information content (AvgIpc) is 1.95. The van der Waals surface area contributed by atoms with E-state index in [0.29, 0.717) is 0 Å². The molecule has 0 aliphatic rings. The Labute approximate surface area is 76.8 Å². The third-order valence-corrected chi connectivity index (χ3v) is 1.50. The van der Waals surface area contributed by atoms with Gasteiger partial charge in [-0.15, -0.1) is 0 Å². The Morgan fingerprint density at radius 2 is 1.92 bits per heavy atom. The molecule has 0 spiro atoms. The van der Waals surface area contributed by atoms with Crippen molar-refractivity contribution in [3.63, 3.8) is 0 Å². The van der Waals surface area contributed by atoms with Gasteiger partial charge in [-0.25, -0.2) is 4.18 Å². The van der Waals surface area contributed by atoms with Crippen LogP contribution in [-0.4, -0.2) is 32.2 Å². The summed E-state index contributed by atoms with van der Waals surface area (Å²) in [5.74, 6) is -0.718. The largest absolute Gasteiger partial charge is 0.463 e. The lowest BCUT2D eigenvalue weighted by Gasteiger charge is -2.05. The maximum atomic E-state index is 10.8. The number of hydrogen-bond acceptors (Lipinski definition) is 5. The topological polar surface area (TPSA) is 89.9 Å². The highest BCUT2D eigenvalue weighted by molar-refractivity contribution is 7.80. The fraction of sp³-hybridized carbons (Fsp3) is 0.833. The summed E-state index contributed by atoms with van der Waals surface area (Å²) in [5.41, 5.74) is 0. The molecule has 0 bridgehead atoms. The van der Waals surface area contributed by atoms with Crippen LogP contribution in [0.2, 0.25) is 0 Å². The molecule has 0 aromatic rings. The molecule has 0 fully saturated rings. The van der Waals surface area contributed by atoms with E-state index in [-0.39, 0.29) is 19.1 Å². The number of ether oxygens (including phenoxy) is 1. The molecule has 0 saturated carbocycles. The Balaban J connectivity index is 3.53. The third-order valence-electron chi connectivity index (χ3n) is 1.03. The predicted octanol–water partition coefficient (Wildman–Crippen LogP) is 0.00500. The first-order valence-electron chi connectivity index (χ1n) is 3.61. The molecular weight excluding hydrogens is 200 g/mol. The van der Waals surface area contributed by atoms with Gasteiger partial charge in [-0.1, -0.05) is 13.8 Å². The quantitative estimate of drug-likeness (QED) is 0.392. The Morgan fingerprint density at radius 3 is 2.31 bits per heavy atom. The standard InChI is InChI=1S/C6H12O6S/c1-5(2)6(7)11-3-4-12-13(8,9)10/h5H,3-4H2,1-2H3,(H,8,9,10). The number of rotatable bonds is 5. The van der Waals surface area contributed by atoms with E-state index >= 15 is 0 Å². The van der Waals surface area contributed by atoms with Crippen LogP contribution in [0.5, 0.6) is 0 Å². The van der Waals surface area contributed by atoms with Crippen LogP contribution < -0.4 is 0 Å². The van der Waals surface area contributed by atoms with E-state index in [0.717, 1.165) is 0 Å². The molecule has 0 rings (SSSR count). The molecule has 7 heteroatoms. The molecule has 0 heterocycles. The Bertz CT molecular complexity index is 254. The van der Waals surface area contributed by atoms with Gasteiger partial charge in [-0.3, -0.25) is 9.35 Å². The first-order valence-corrected chi connectivity index (χ1v) is 4.98. The van der Waals surface area contributed by atoms with Crippen molar-refractivity contribution in [3.05, 3.63) is 0 Å². The average molecular weight is 212 g/mol. The number of carbonyl (C=O) groups is 1. The monoisotopic (exact) mass is 212 g/mol. The van der Waals surface area contributed by atoms with Crippen molar-refractivity contribution in [2.24, 2.45) is 5.92 Å². The van der Waals surface area contributed by atoms with Gasteiger partial charge in [0.2, 0.25) is 0 Å². The van der Waals surface area contributed by atoms with Gasteiger partial charge in [0.25, 0.3) is 0 Å². The fourth-order valence-corrected chi connectivity index (χ4v) is 0.727.